The van der Waals surface area contributed by atoms with Crippen LogP contribution in [0, 0.1) is 0 Å². The van der Waals surface area contributed by atoms with Gasteiger partial charge in [-0.1, -0.05) is 54.6 Å². The Balaban J connectivity index is 1.57. The van der Waals surface area contributed by atoms with Crippen LogP contribution in [0.3, 0.4) is 0 Å². The Morgan fingerprint density at radius 2 is 1.16 bits per heavy atom. The number of benzene rings is 4. The summed E-state index contributed by atoms with van der Waals surface area (Å²) in [4.78, 5) is 12.7. The van der Waals surface area contributed by atoms with Crippen molar-refractivity contribution in [3.63, 3.8) is 0 Å². The summed E-state index contributed by atoms with van der Waals surface area (Å²) in [5, 5.41) is 2.20. The predicted octanol–water partition coefficient (Wildman–Crippen LogP) is 5.86. The van der Waals surface area contributed by atoms with E-state index in [2.05, 4.69) is 0 Å². The van der Waals surface area contributed by atoms with Crippen molar-refractivity contribution >= 4 is 16.6 Å². The van der Waals surface area contributed by atoms with Gasteiger partial charge < -0.3 is 4.74 Å². The number of ether oxygens (including phenoxy) is 1. The molecule has 2 nitrogen and oxygen atoms in total. The monoisotopic (exact) mass is 324 g/mol. The van der Waals surface area contributed by atoms with E-state index in [0.717, 1.165) is 16.5 Å². The third-order valence-electron chi connectivity index (χ3n) is 4.11. The van der Waals surface area contributed by atoms with Crippen LogP contribution in [0.25, 0.3) is 10.8 Å². The Kier molecular flexibility index (Phi) is 4.01. The van der Waals surface area contributed by atoms with Crippen molar-refractivity contribution in [1.82, 2.24) is 0 Å². The molecule has 0 aromatic heterocycles. The first-order valence-corrected chi connectivity index (χ1v) is 8.16. The topological polar surface area (TPSA) is 26.3 Å². The minimum Gasteiger partial charge on any atom is -0.457 e. The van der Waals surface area contributed by atoms with Gasteiger partial charge in [0.05, 0.1) is 0 Å². The average molecular weight is 324 g/mol. The van der Waals surface area contributed by atoms with Crippen LogP contribution in [0.5, 0.6) is 11.5 Å². The van der Waals surface area contributed by atoms with E-state index < -0.39 is 0 Å². The fourth-order valence-corrected chi connectivity index (χ4v) is 2.80. The average Bonchev–Trinajstić information content (AvgIpc) is 2.68. The second-order valence-electron chi connectivity index (χ2n) is 5.83. The first-order valence-electron chi connectivity index (χ1n) is 8.16. The smallest absolute Gasteiger partial charge is 0.193 e. The van der Waals surface area contributed by atoms with Gasteiger partial charge in [0.15, 0.2) is 5.78 Å². The summed E-state index contributed by atoms with van der Waals surface area (Å²) < 4.78 is 5.77. The molecule has 25 heavy (non-hydrogen) atoms. The fourth-order valence-electron chi connectivity index (χ4n) is 2.80. The molecule has 0 amide bonds. The Bertz CT molecular complexity index is 1020. The Hall–Kier alpha value is -3.39. The van der Waals surface area contributed by atoms with Crippen LogP contribution < -0.4 is 4.74 Å². The molecule has 0 fully saturated rings. The molecule has 4 aromatic rings. The number of rotatable bonds is 4. The van der Waals surface area contributed by atoms with Gasteiger partial charge in [-0.05, 0) is 53.2 Å². The first-order chi connectivity index (χ1) is 12.3. The summed E-state index contributed by atoms with van der Waals surface area (Å²) in [5.41, 5.74) is 1.34. The number of fused-ring (bicyclic) bond motifs is 1. The molecule has 0 bridgehead atoms. The number of ketones is 1. The van der Waals surface area contributed by atoms with Crippen molar-refractivity contribution in [2.75, 3.05) is 0 Å². The zero-order valence-corrected chi connectivity index (χ0v) is 13.6. The van der Waals surface area contributed by atoms with Crippen LogP contribution in [-0.4, -0.2) is 5.78 Å². The number of hydrogen-bond acceptors (Lipinski definition) is 2. The van der Waals surface area contributed by atoms with Gasteiger partial charge in [-0.2, -0.15) is 0 Å². The first kappa shape index (κ1) is 15.2. The quantitative estimate of drug-likeness (QED) is 0.439. The lowest BCUT2D eigenvalue weighted by molar-refractivity contribution is 0.103. The zero-order chi connectivity index (χ0) is 17.1. The van der Waals surface area contributed by atoms with E-state index in [1.165, 1.54) is 0 Å². The second-order valence-corrected chi connectivity index (χ2v) is 5.83. The van der Waals surface area contributed by atoms with Crippen molar-refractivity contribution in [2.24, 2.45) is 0 Å². The molecule has 0 aliphatic heterocycles. The highest BCUT2D eigenvalue weighted by atomic mass is 16.5. The van der Waals surface area contributed by atoms with Gasteiger partial charge in [0, 0.05) is 11.1 Å². The summed E-state index contributed by atoms with van der Waals surface area (Å²) in [5.74, 6) is 1.49. The van der Waals surface area contributed by atoms with Gasteiger partial charge in [0.25, 0.3) is 0 Å². The standard InChI is InChI=1S/C23H16O2/c24-23(20-11-10-17-6-4-5-7-19(17)16-20)18-12-14-22(15-13-18)25-21-8-2-1-3-9-21/h1-16H. The van der Waals surface area contributed by atoms with Gasteiger partial charge in [-0.3, -0.25) is 4.79 Å². The highest BCUT2D eigenvalue weighted by molar-refractivity contribution is 6.10. The molecule has 0 unspecified atom stereocenters. The minimum absolute atomic E-state index is 0.0111. The number of para-hydroxylation sites is 1. The summed E-state index contributed by atoms with van der Waals surface area (Å²) in [7, 11) is 0. The summed E-state index contributed by atoms with van der Waals surface area (Å²) >= 11 is 0. The molecule has 0 aliphatic carbocycles. The van der Waals surface area contributed by atoms with Crippen LogP contribution in [-0.2, 0) is 0 Å². The minimum atomic E-state index is 0.0111. The maximum atomic E-state index is 12.7. The van der Waals surface area contributed by atoms with Crippen molar-refractivity contribution in [1.29, 1.82) is 0 Å². The molecule has 0 aliphatic rings. The molecule has 0 N–H and O–H groups in total. The molecule has 0 spiro atoms. The lowest BCUT2D eigenvalue weighted by atomic mass is 10.00. The number of hydrogen-bond donors (Lipinski definition) is 0. The summed E-state index contributed by atoms with van der Waals surface area (Å²) in [6, 6.07) is 30.7. The summed E-state index contributed by atoms with van der Waals surface area (Å²) in [6.07, 6.45) is 0. The largest absolute Gasteiger partial charge is 0.457 e. The maximum absolute atomic E-state index is 12.7. The maximum Gasteiger partial charge on any atom is 0.193 e. The zero-order valence-electron chi connectivity index (χ0n) is 13.6. The lowest BCUT2D eigenvalue weighted by Crippen LogP contribution is -2.01. The van der Waals surface area contributed by atoms with Crippen LogP contribution in [0.1, 0.15) is 15.9 Å². The molecule has 4 aromatic carbocycles. The third-order valence-corrected chi connectivity index (χ3v) is 4.11. The molecule has 120 valence electrons. The van der Waals surface area contributed by atoms with Crippen molar-refractivity contribution in [3.8, 4) is 11.5 Å². The number of carbonyl (C=O) groups is 1. The van der Waals surface area contributed by atoms with E-state index in [1.807, 2.05) is 84.9 Å². The van der Waals surface area contributed by atoms with E-state index in [9.17, 15) is 4.79 Å². The highest BCUT2D eigenvalue weighted by Crippen LogP contribution is 2.23. The fraction of sp³-hybridized carbons (Fsp3) is 0. The van der Waals surface area contributed by atoms with Crippen molar-refractivity contribution in [2.45, 2.75) is 0 Å². The molecular weight excluding hydrogens is 308 g/mol. The van der Waals surface area contributed by atoms with E-state index in [-0.39, 0.29) is 5.78 Å². The van der Waals surface area contributed by atoms with Crippen LogP contribution >= 0.6 is 0 Å². The lowest BCUT2D eigenvalue weighted by Gasteiger charge is -2.07. The van der Waals surface area contributed by atoms with Gasteiger partial charge in [0.1, 0.15) is 11.5 Å². The predicted molar refractivity (Wildman–Crippen MR) is 100 cm³/mol. The van der Waals surface area contributed by atoms with Crippen LogP contribution in [0.4, 0.5) is 0 Å². The molecule has 4 rings (SSSR count). The third kappa shape index (κ3) is 3.29. The Morgan fingerprint density at radius 1 is 0.560 bits per heavy atom. The van der Waals surface area contributed by atoms with E-state index >= 15 is 0 Å². The summed E-state index contributed by atoms with van der Waals surface area (Å²) in [6.45, 7) is 0. The molecular formula is C23H16O2. The van der Waals surface area contributed by atoms with Gasteiger partial charge in [-0.15, -0.1) is 0 Å². The highest BCUT2D eigenvalue weighted by Gasteiger charge is 2.10. The molecule has 2 heteroatoms. The Labute approximate surface area is 146 Å². The number of carbonyl (C=O) groups excluding carboxylic acids is 1. The van der Waals surface area contributed by atoms with Gasteiger partial charge >= 0.3 is 0 Å². The molecule has 0 atom stereocenters. The van der Waals surface area contributed by atoms with Gasteiger partial charge in [0.2, 0.25) is 0 Å². The van der Waals surface area contributed by atoms with Gasteiger partial charge in [-0.25, -0.2) is 0 Å². The van der Waals surface area contributed by atoms with Crippen molar-refractivity contribution < 1.29 is 9.53 Å². The normalized spacial score (nSPS) is 10.6. The molecule has 0 heterocycles. The van der Waals surface area contributed by atoms with E-state index in [4.69, 9.17) is 4.74 Å². The molecule has 0 saturated carbocycles. The van der Waals surface area contributed by atoms with E-state index in [1.54, 1.807) is 12.1 Å². The van der Waals surface area contributed by atoms with Crippen LogP contribution in [0.2, 0.25) is 0 Å². The Morgan fingerprint density at radius 3 is 1.92 bits per heavy atom. The molecule has 0 saturated heterocycles. The van der Waals surface area contributed by atoms with E-state index in [0.29, 0.717) is 16.9 Å². The molecule has 0 radical (unpaired) electrons. The van der Waals surface area contributed by atoms with Crippen LogP contribution in [0.15, 0.2) is 97.1 Å². The van der Waals surface area contributed by atoms with Crippen molar-refractivity contribution in [3.05, 3.63) is 108 Å². The SMILES string of the molecule is O=C(c1ccc(Oc2ccccc2)cc1)c1ccc2ccccc2c1. The second kappa shape index (κ2) is 6.62.